The minimum Gasteiger partial charge on any atom is -0.461 e. The molecule has 25 heavy (non-hydrogen) atoms. The lowest BCUT2D eigenvalue weighted by Gasteiger charge is -2.08. The summed E-state index contributed by atoms with van der Waals surface area (Å²) < 4.78 is 6.93. The minimum absolute atomic E-state index is 0.297. The van der Waals surface area contributed by atoms with Crippen LogP contribution in [0, 0.1) is 6.92 Å². The molecule has 0 aliphatic carbocycles. The Morgan fingerprint density at radius 1 is 1.28 bits per heavy atom. The molecular weight excluding hydrogens is 338 g/mol. The highest BCUT2D eigenvalue weighted by molar-refractivity contribution is 6.33. The van der Waals surface area contributed by atoms with E-state index >= 15 is 0 Å². The number of hydrogen-bond donors (Lipinski definition) is 0. The average Bonchev–Trinajstić information content (AvgIpc) is 2.92. The number of nitrogens with zero attached hydrogens (tertiary/aromatic N) is 3. The van der Waals surface area contributed by atoms with Gasteiger partial charge in [0, 0.05) is 16.3 Å². The molecule has 0 amide bonds. The topological polar surface area (TPSA) is 56.5 Å². The third kappa shape index (κ3) is 3.24. The first kappa shape index (κ1) is 17.4. The van der Waals surface area contributed by atoms with Crippen LogP contribution in [0.2, 0.25) is 5.02 Å². The number of ether oxygens (including phenoxy) is 1. The van der Waals surface area contributed by atoms with Gasteiger partial charge >= 0.3 is 5.97 Å². The molecule has 3 rings (SSSR count). The molecule has 130 valence electrons. The van der Waals surface area contributed by atoms with Crippen molar-refractivity contribution in [1.82, 2.24) is 14.6 Å². The highest BCUT2D eigenvalue weighted by Crippen LogP contribution is 2.33. The number of aromatic nitrogens is 3. The number of hydrogen-bond acceptors (Lipinski definition) is 4. The number of benzene rings is 1. The Morgan fingerprint density at radius 2 is 2.04 bits per heavy atom. The van der Waals surface area contributed by atoms with Gasteiger partial charge < -0.3 is 4.74 Å². The summed E-state index contributed by atoms with van der Waals surface area (Å²) in [6.45, 7) is 6.10. The van der Waals surface area contributed by atoms with Gasteiger partial charge in [-0.1, -0.05) is 43.1 Å². The molecule has 0 fully saturated rings. The van der Waals surface area contributed by atoms with Crippen LogP contribution < -0.4 is 0 Å². The van der Waals surface area contributed by atoms with Crippen LogP contribution in [0.1, 0.15) is 42.1 Å². The Morgan fingerprint density at radius 3 is 2.72 bits per heavy atom. The molecule has 1 aromatic carbocycles. The molecule has 0 saturated heterocycles. The second kappa shape index (κ2) is 7.23. The molecule has 3 aromatic rings. The van der Waals surface area contributed by atoms with Gasteiger partial charge in [-0.2, -0.15) is 5.10 Å². The third-order valence-electron chi connectivity index (χ3n) is 3.97. The van der Waals surface area contributed by atoms with Crippen LogP contribution in [0.15, 0.2) is 30.3 Å². The Kier molecular flexibility index (Phi) is 5.04. The molecule has 0 bridgehead atoms. The molecule has 0 N–H and O–H groups in total. The number of carbonyl (C=O) groups is 1. The van der Waals surface area contributed by atoms with Crippen LogP contribution in [-0.2, 0) is 11.2 Å². The number of fused-ring (bicyclic) bond motifs is 1. The van der Waals surface area contributed by atoms with Gasteiger partial charge in [-0.05, 0) is 32.4 Å². The van der Waals surface area contributed by atoms with Gasteiger partial charge in [-0.15, -0.1) is 0 Å². The van der Waals surface area contributed by atoms with Gasteiger partial charge in [-0.3, -0.25) is 0 Å². The first-order valence-electron chi connectivity index (χ1n) is 8.38. The first-order chi connectivity index (χ1) is 12.1. The largest absolute Gasteiger partial charge is 0.461 e. The fourth-order valence-corrected chi connectivity index (χ4v) is 3.14. The Bertz CT molecular complexity index is 934. The van der Waals surface area contributed by atoms with Crippen LogP contribution in [0.3, 0.4) is 0 Å². The van der Waals surface area contributed by atoms with E-state index in [0.29, 0.717) is 23.0 Å². The van der Waals surface area contributed by atoms with Crippen molar-refractivity contribution in [3.05, 3.63) is 52.4 Å². The zero-order valence-electron chi connectivity index (χ0n) is 14.5. The fourth-order valence-electron chi connectivity index (χ4n) is 2.91. The van der Waals surface area contributed by atoms with E-state index in [2.05, 4.69) is 17.0 Å². The third-order valence-corrected chi connectivity index (χ3v) is 4.30. The maximum Gasteiger partial charge on any atom is 0.357 e. The van der Waals surface area contributed by atoms with Crippen molar-refractivity contribution in [3.63, 3.8) is 0 Å². The molecule has 0 unspecified atom stereocenters. The summed E-state index contributed by atoms with van der Waals surface area (Å²) in [5.41, 5.74) is 4.36. The predicted molar refractivity (Wildman–Crippen MR) is 98.1 cm³/mol. The molecule has 2 aromatic heterocycles. The van der Waals surface area contributed by atoms with Crippen molar-refractivity contribution >= 4 is 23.2 Å². The average molecular weight is 358 g/mol. The number of aryl methyl sites for hydroxylation is 2. The van der Waals surface area contributed by atoms with Crippen LogP contribution in [0.5, 0.6) is 0 Å². The molecule has 6 heteroatoms. The molecule has 0 saturated carbocycles. The van der Waals surface area contributed by atoms with Gasteiger partial charge in [0.2, 0.25) is 0 Å². The van der Waals surface area contributed by atoms with Crippen molar-refractivity contribution in [2.45, 2.75) is 33.6 Å². The second-order valence-electron chi connectivity index (χ2n) is 5.78. The summed E-state index contributed by atoms with van der Waals surface area (Å²) in [5.74, 6) is -0.425. The van der Waals surface area contributed by atoms with Gasteiger partial charge in [0.15, 0.2) is 11.3 Å². The van der Waals surface area contributed by atoms with E-state index in [1.54, 1.807) is 17.5 Å². The molecule has 0 radical (unpaired) electrons. The van der Waals surface area contributed by atoms with Crippen molar-refractivity contribution in [2.75, 3.05) is 6.61 Å². The SMILES string of the molecule is CCCc1cc(C(=O)OCC)nc2c(-c3ccccc3Cl)c(C)nn12. The lowest BCUT2D eigenvalue weighted by molar-refractivity contribution is 0.0519. The van der Waals surface area contributed by atoms with Gasteiger partial charge in [0.1, 0.15) is 0 Å². The maximum atomic E-state index is 12.2. The van der Waals surface area contributed by atoms with Gasteiger partial charge in [-0.25, -0.2) is 14.3 Å². The summed E-state index contributed by atoms with van der Waals surface area (Å²) in [7, 11) is 0. The molecule has 0 atom stereocenters. The lowest BCUT2D eigenvalue weighted by Crippen LogP contribution is -2.11. The monoisotopic (exact) mass is 357 g/mol. The number of halogens is 1. The van der Waals surface area contributed by atoms with E-state index in [4.69, 9.17) is 16.3 Å². The summed E-state index contributed by atoms with van der Waals surface area (Å²) in [5, 5.41) is 5.26. The van der Waals surface area contributed by atoms with Gasteiger partial charge in [0.05, 0.1) is 17.9 Å². The van der Waals surface area contributed by atoms with Crippen molar-refractivity contribution in [1.29, 1.82) is 0 Å². The quantitative estimate of drug-likeness (QED) is 0.631. The van der Waals surface area contributed by atoms with E-state index in [1.165, 1.54) is 0 Å². The van der Waals surface area contributed by atoms with E-state index in [9.17, 15) is 4.79 Å². The summed E-state index contributed by atoms with van der Waals surface area (Å²) >= 11 is 6.38. The predicted octanol–water partition coefficient (Wildman–Crippen LogP) is 4.49. The standard InChI is InChI=1S/C19H20ClN3O2/c1-4-8-13-11-16(19(24)25-5-2)21-18-17(12(3)22-23(13)18)14-9-6-7-10-15(14)20/h6-7,9-11H,4-5,8H2,1-3H3. The molecule has 2 heterocycles. The zero-order chi connectivity index (χ0) is 18.0. The molecule has 5 nitrogen and oxygen atoms in total. The number of esters is 1. The van der Waals surface area contributed by atoms with Crippen LogP contribution in [0.25, 0.3) is 16.8 Å². The molecule has 0 aliphatic rings. The van der Waals surface area contributed by atoms with E-state index in [-0.39, 0.29) is 0 Å². The summed E-state index contributed by atoms with van der Waals surface area (Å²) in [6, 6.07) is 9.34. The van der Waals surface area contributed by atoms with Crippen molar-refractivity contribution < 1.29 is 9.53 Å². The molecule has 0 aliphatic heterocycles. The van der Waals surface area contributed by atoms with Crippen LogP contribution in [-0.4, -0.2) is 27.2 Å². The van der Waals surface area contributed by atoms with Crippen LogP contribution in [0.4, 0.5) is 0 Å². The maximum absolute atomic E-state index is 12.2. The van der Waals surface area contributed by atoms with E-state index < -0.39 is 5.97 Å². The van der Waals surface area contributed by atoms with Gasteiger partial charge in [0.25, 0.3) is 0 Å². The van der Waals surface area contributed by atoms with Crippen LogP contribution >= 0.6 is 11.6 Å². The Labute approximate surface area is 151 Å². The Balaban J connectivity index is 2.30. The molecule has 0 spiro atoms. The normalized spacial score (nSPS) is 11.0. The Hall–Kier alpha value is -2.40. The minimum atomic E-state index is -0.425. The second-order valence-corrected chi connectivity index (χ2v) is 6.19. The highest BCUT2D eigenvalue weighted by Gasteiger charge is 2.20. The zero-order valence-corrected chi connectivity index (χ0v) is 15.3. The number of carbonyl (C=O) groups excluding carboxylic acids is 1. The smallest absolute Gasteiger partial charge is 0.357 e. The number of rotatable bonds is 5. The fraction of sp³-hybridized carbons (Fsp3) is 0.316. The molecular formula is C19H20ClN3O2. The highest BCUT2D eigenvalue weighted by atomic mass is 35.5. The van der Waals surface area contributed by atoms with Crippen molar-refractivity contribution in [2.24, 2.45) is 0 Å². The van der Waals surface area contributed by atoms with E-state index in [0.717, 1.165) is 35.4 Å². The van der Waals surface area contributed by atoms with Crippen molar-refractivity contribution in [3.8, 4) is 11.1 Å². The van der Waals surface area contributed by atoms with E-state index in [1.807, 2.05) is 31.2 Å². The summed E-state index contributed by atoms with van der Waals surface area (Å²) in [4.78, 5) is 16.8. The first-order valence-corrected chi connectivity index (χ1v) is 8.75. The lowest BCUT2D eigenvalue weighted by atomic mass is 10.1. The summed E-state index contributed by atoms with van der Waals surface area (Å²) in [6.07, 6.45) is 1.72.